The van der Waals surface area contributed by atoms with Crippen LogP contribution in [0.3, 0.4) is 0 Å². The third-order valence-electron chi connectivity index (χ3n) is 3.01. The quantitative estimate of drug-likeness (QED) is 0.860. The Balaban J connectivity index is 1.96. The predicted octanol–water partition coefficient (Wildman–Crippen LogP) is 3.75. The molecule has 2 nitrogen and oxygen atoms in total. The Bertz CT molecular complexity index is 491. The zero-order valence-corrected chi connectivity index (χ0v) is 10.9. The predicted molar refractivity (Wildman–Crippen MR) is 75.7 cm³/mol. The van der Waals surface area contributed by atoms with Gasteiger partial charge in [0, 0.05) is 19.3 Å². The van der Waals surface area contributed by atoms with Crippen LogP contribution in [0.5, 0.6) is 0 Å². The van der Waals surface area contributed by atoms with Gasteiger partial charge >= 0.3 is 0 Å². The first-order chi connectivity index (χ1) is 8.79. The van der Waals surface area contributed by atoms with Gasteiger partial charge in [0.25, 0.3) is 0 Å². The molecular weight excluding hydrogens is 222 g/mol. The Morgan fingerprint density at radius 3 is 2.39 bits per heavy atom. The molecule has 0 heterocycles. The molecule has 0 fully saturated rings. The molecule has 0 spiro atoms. The Hall–Kier alpha value is -1.80. The molecule has 0 aromatic heterocycles. The molecule has 1 N–H and O–H groups in total. The summed E-state index contributed by atoms with van der Waals surface area (Å²) >= 11 is 0. The van der Waals surface area contributed by atoms with Crippen molar-refractivity contribution < 1.29 is 4.74 Å². The third-order valence-corrected chi connectivity index (χ3v) is 3.01. The molecule has 0 aliphatic rings. The van der Waals surface area contributed by atoms with Crippen LogP contribution in [0, 0.1) is 6.92 Å². The number of ether oxygens (including phenoxy) is 1. The molecule has 0 aliphatic carbocycles. The lowest BCUT2D eigenvalue weighted by Gasteiger charge is -2.09. The topological polar surface area (TPSA) is 21.3 Å². The van der Waals surface area contributed by atoms with Gasteiger partial charge in [-0.1, -0.05) is 36.4 Å². The number of benzene rings is 2. The van der Waals surface area contributed by atoms with Crippen LogP contribution in [0.25, 0.3) is 0 Å². The molecule has 94 valence electrons. The van der Waals surface area contributed by atoms with Crippen LogP contribution in [0.4, 0.5) is 5.69 Å². The molecule has 0 saturated heterocycles. The van der Waals surface area contributed by atoms with Crippen molar-refractivity contribution in [2.75, 3.05) is 12.4 Å². The number of hydrogen-bond donors (Lipinski definition) is 1. The molecule has 18 heavy (non-hydrogen) atoms. The van der Waals surface area contributed by atoms with Gasteiger partial charge in [-0.3, -0.25) is 0 Å². The normalized spacial score (nSPS) is 10.3. The minimum atomic E-state index is 0.665. The van der Waals surface area contributed by atoms with Crippen LogP contribution in [-0.4, -0.2) is 7.11 Å². The first-order valence-electron chi connectivity index (χ1n) is 6.16. The Morgan fingerprint density at radius 1 is 1.00 bits per heavy atom. The van der Waals surface area contributed by atoms with Crippen LogP contribution in [0.1, 0.15) is 16.7 Å². The van der Waals surface area contributed by atoms with E-state index in [4.69, 9.17) is 4.74 Å². The van der Waals surface area contributed by atoms with E-state index in [1.165, 1.54) is 16.7 Å². The molecule has 2 aromatic rings. The van der Waals surface area contributed by atoms with Gasteiger partial charge in [-0.05, 0) is 35.7 Å². The summed E-state index contributed by atoms with van der Waals surface area (Å²) in [6.07, 6.45) is 0. The summed E-state index contributed by atoms with van der Waals surface area (Å²) in [4.78, 5) is 0. The minimum absolute atomic E-state index is 0.665. The van der Waals surface area contributed by atoms with Crippen molar-refractivity contribution in [3.8, 4) is 0 Å². The first kappa shape index (κ1) is 12.7. The van der Waals surface area contributed by atoms with Crippen molar-refractivity contribution in [1.82, 2.24) is 0 Å². The fourth-order valence-corrected chi connectivity index (χ4v) is 1.89. The van der Waals surface area contributed by atoms with Gasteiger partial charge in [0.05, 0.1) is 6.61 Å². The Kier molecular flexibility index (Phi) is 4.37. The van der Waals surface area contributed by atoms with Crippen LogP contribution in [0.15, 0.2) is 48.5 Å². The van der Waals surface area contributed by atoms with E-state index in [1.54, 1.807) is 7.11 Å². The zero-order chi connectivity index (χ0) is 12.8. The van der Waals surface area contributed by atoms with E-state index in [0.29, 0.717) is 6.61 Å². The van der Waals surface area contributed by atoms with Gasteiger partial charge in [-0.2, -0.15) is 0 Å². The monoisotopic (exact) mass is 241 g/mol. The van der Waals surface area contributed by atoms with E-state index in [1.807, 2.05) is 0 Å². The van der Waals surface area contributed by atoms with Gasteiger partial charge in [0.1, 0.15) is 0 Å². The van der Waals surface area contributed by atoms with Crippen molar-refractivity contribution >= 4 is 5.69 Å². The van der Waals surface area contributed by atoms with E-state index in [9.17, 15) is 0 Å². The lowest BCUT2D eigenvalue weighted by molar-refractivity contribution is 0.185. The van der Waals surface area contributed by atoms with Gasteiger partial charge in [0.2, 0.25) is 0 Å². The number of hydrogen-bond acceptors (Lipinski definition) is 2. The highest BCUT2D eigenvalue weighted by Gasteiger charge is 1.97. The standard InChI is InChI=1S/C16H19NO/c1-13-5-3-4-6-15(13)11-17-16-9-7-14(8-10-16)12-18-2/h3-10,17H,11-12H2,1-2H3. The minimum Gasteiger partial charge on any atom is -0.381 e. The number of anilines is 1. The maximum absolute atomic E-state index is 5.09. The van der Waals surface area contributed by atoms with Crippen LogP contribution >= 0.6 is 0 Å². The van der Waals surface area contributed by atoms with E-state index >= 15 is 0 Å². The summed E-state index contributed by atoms with van der Waals surface area (Å²) in [5.41, 5.74) is 4.98. The maximum atomic E-state index is 5.09. The van der Waals surface area contributed by atoms with E-state index in [0.717, 1.165) is 12.2 Å². The van der Waals surface area contributed by atoms with E-state index in [2.05, 4.69) is 60.8 Å². The Morgan fingerprint density at radius 2 is 1.72 bits per heavy atom. The molecular formula is C16H19NO. The highest BCUT2D eigenvalue weighted by molar-refractivity contribution is 5.45. The van der Waals surface area contributed by atoms with Crippen molar-refractivity contribution in [2.45, 2.75) is 20.1 Å². The SMILES string of the molecule is COCc1ccc(NCc2ccccc2C)cc1. The summed E-state index contributed by atoms with van der Waals surface area (Å²) in [6.45, 7) is 3.66. The molecule has 2 rings (SSSR count). The highest BCUT2D eigenvalue weighted by atomic mass is 16.5. The average molecular weight is 241 g/mol. The van der Waals surface area contributed by atoms with Crippen molar-refractivity contribution in [1.29, 1.82) is 0 Å². The molecule has 0 aliphatic heterocycles. The van der Waals surface area contributed by atoms with Crippen LogP contribution in [0.2, 0.25) is 0 Å². The molecule has 0 unspecified atom stereocenters. The number of nitrogens with one attached hydrogen (secondary N) is 1. The summed E-state index contributed by atoms with van der Waals surface area (Å²) in [7, 11) is 1.71. The summed E-state index contributed by atoms with van der Waals surface area (Å²) in [5, 5.41) is 3.43. The molecule has 0 radical (unpaired) electrons. The van der Waals surface area contributed by atoms with Crippen LogP contribution < -0.4 is 5.32 Å². The first-order valence-corrected chi connectivity index (χ1v) is 6.16. The highest BCUT2D eigenvalue weighted by Crippen LogP contribution is 2.13. The second kappa shape index (κ2) is 6.22. The smallest absolute Gasteiger partial charge is 0.0713 e. The largest absolute Gasteiger partial charge is 0.381 e. The second-order valence-electron chi connectivity index (χ2n) is 4.41. The molecule has 0 saturated carbocycles. The molecule has 0 atom stereocenters. The molecule has 0 bridgehead atoms. The lowest BCUT2D eigenvalue weighted by Crippen LogP contribution is -2.01. The fourth-order valence-electron chi connectivity index (χ4n) is 1.89. The summed E-state index contributed by atoms with van der Waals surface area (Å²) in [6, 6.07) is 16.8. The van der Waals surface area contributed by atoms with Crippen molar-refractivity contribution in [3.05, 3.63) is 65.2 Å². The third kappa shape index (κ3) is 3.34. The number of methoxy groups -OCH3 is 1. The molecule has 2 aromatic carbocycles. The van der Waals surface area contributed by atoms with Crippen LogP contribution in [-0.2, 0) is 17.9 Å². The number of aryl methyl sites for hydroxylation is 1. The summed E-state index contributed by atoms with van der Waals surface area (Å²) < 4.78 is 5.09. The Labute approximate surface area is 109 Å². The maximum Gasteiger partial charge on any atom is 0.0713 e. The van der Waals surface area contributed by atoms with Crippen molar-refractivity contribution in [3.63, 3.8) is 0 Å². The second-order valence-corrected chi connectivity index (χ2v) is 4.41. The van der Waals surface area contributed by atoms with Crippen molar-refractivity contribution in [2.24, 2.45) is 0 Å². The van der Waals surface area contributed by atoms with Gasteiger partial charge in [-0.25, -0.2) is 0 Å². The van der Waals surface area contributed by atoms with E-state index in [-0.39, 0.29) is 0 Å². The van der Waals surface area contributed by atoms with E-state index < -0.39 is 0 Å². The average Bonchev–Trinajstić information content (AvgIpc) is 2.40. The number of rotatable bonds is 5. The van der Waals surface area contributed by atoms with Gasteiger partial charge in [0.15, 0.2) is 0 Å². The van der Waals surface area contributed by atoms with Gasteiger partial charge < -0.3 is 10.1 Å². The summed E-state index contributed by atoms with van der Waals surface area (Å²) in [5.74, 6) is 0. The molecule has 0 amide bonds. The zero-order valence-electron chi connectivity index (χ0n) is 10.9. The molecule has 2 heteroatoms. The van der Waals surface area contributed by atoms with Gasteiger partial charge in [-0.15, -0.1) is 0 Å². The lowest BCUT2D eigenvalue weighted by atomic mass is 10.1. The fraction of sp³-hybridized carbons (Fsp3) is 0.250.